The molecule has 2 heterocycles. The predicted molar refractivity (Wildman–Crippen MR) is 41.4 cm³/mol. The van der Waals surface area contributed by atoms with E-state index in [4.69, 9.17) is 4.74 Å². The van der Waals surface area contributed by atoms with Gasteiger partial charge in [-0.1, -0.05) is 0 Å². The highest BCUT2D eigenvalue weighted by atomic mass is 16.5. The maximum atomic E-state index is 5.48. The Morgan fingerprint density at radius 2 is 2.42 bits per heavy atom. The molecule has 1 unspecified atom stereocenters. The van der Waals surface area contributed by atoms with Crippen LogP contribution in [-0.4, -0.2) is 26.8 Å². The zero-order valence-electron chi connectivity index (χ0n) is 7.10. The van der Waals surface area contributed by atoms with E-state index in [0.717, 1.165) is 19.4 Å². The van der Waals surface area contributed by atoms with Gasteiger partial charge in [0.1, 0.15) is 0 Å². The molecule has 1 aromatic heterocycles. The summed E-state index contributed by atoms with van der Waals surface area (Å²) in [6, 6.07) is 0. The highest BCUT2D eigenvalue weighted by Gasteiger charge is 2.17. The van der Waals surface area contributed by atoms with Crippen LogP contribution < -0.4 is 0 Å². The fourth-order valence-corrected chi connectivity index (χ4v) is 1.33. The van der Waals surface area contributed by atoms with E-state index >= 15 is 0 Å². The van der Waals surface area contributed by atoms with E-state index in [1.807, 2.05) is 6.92 Å². The molecule has 1 aliphatic rings. The van der Waals surface area contributed by atoms with Gasteiger partial charge in [-0.2, -0.15) is 0 Å². The standard InChI is InChI=1S/C7H12N4O/c1-6-8-10-11(9-6)7-4-2-3-5-12-7/h7H,2-5H2,1H3. The Balaban J connectivity index is 2.08. The van der Waals surface area contributed by atoms with Crippen molar-refractivity contribution in [3.8, 4) is 0 Å². The molecule has 1 fully saturated rings. The van der Waals surface area contributed by atoms with E-state index in [1.54, 1.807) is 4.80 Å². The molecule has 66 valence electrons. The summed E-state index contributed by atoms with van der Waals surface area (Å²) in [6.07, 6.45) is 3.34. The molecule has 1 aliphatic heterocycles. The van der Waals surface area contributed by atoms with Crippen LogP contribution in [0.25, 0.3) is 0 Å². The summed E-state index contributed by atoms with van der Waals surface area (Å²) in [5.74, 6) is 0.698. The molecule has 0 radical (unpaired) electrons. The molecule has 0 bridgehead atoms. The number of aryl methyl sites for hydroxylation is 1. The number of tetrazole rings is 1. The molecule has 0 N–H and O–H groups in total. The van der Waals surface area contributed by atoms with Crippen molar-refractivity contribution in [3.63, 3.8) is 0 Å². The van der Waals surface area contributed by atoms with Crippen LogP contribution in [0.4, 0.5) is 0 Å². The minimum atomic E-state index is 0.0138. The molecule has 5 heteroatoms. The lowest BCUT2D eigenvalue weighted by Gasteiger charge is -2.20. The molecule has 1 aromatic rings. The summed E-state index contributed by atoms with van der Waals surface area (Å²) in [4.78, 5) is 1.56. The van der Waals surface area contributed by atoms with Gasteiger partial charge in [-0.25, -0.2) is 0 Å². The molecular formula is C7H12N4O. The lowest BCUT2D eigenvalue weighted by Crippen LogP contribution is -2.20. The molecule has 12 heavy (non-hydrogen) atoms. The first-order chi connectivity index (χ1) is 5.86. The maximum absolute atomic E-state index is 5.48. The van der Waals surface area contributed by atoms with Gasteiger partial charge in [-0.05, 0) is 31.4 Å². The summed E-state index contributed by atoms with van der Waals surface area (Å²) >= 11 is 0. The van der Waals surface area contributed by atoms with Crippen molar-refractivity contribution in [3.05, 3.63) is 5.82 Å². The van der Waals surface area contributed by atoms with Crippen LogP contribution in [0.5, 0.6) is 0 Å². The fourth-order valence-electron chi connectivity index (χ4n) is 1.33. The minimum absolute atomic E-state index is 0.0138. The molecule has 0 amide bonds. The molecule has 1 atom stereocenters. The van der Waals surface area contributed by atoms with Crippen LogP contribution in [0.15, 0.2) is 0 Å². The van der Waals surface area contributed by atoms with Crippen molar-refractivity contribution in [2.24, 2.45) is 0 Å². The summed E-state index contributed by atoms with van der Waals surface area (Å²) in [5, 5.41) is 11.8. The highest BCUT2D eigenvalue weighted by Crippen LogP contribution is 2.19. The van der Waals surface area contributed by atoms with Gasteiger partial charge >= 0.3 is 0 Å². The maximum Gasteiger partial charge on any atom is 0.171 e. The summed E-state index contributed by atoms with van der Waals surface area (Å²) in [6.45, 7) is 2.64. The largest absolute Gasteiger partial charge is 0.355 e. The molecule has 0 aromatic carbocycles. The number of aromatic nitrogens is 4. The Morgan fingerprint density at radius 1 is 1.50 bits per heavy atom. The van der Waals surface area contributed by atoms with Gasteiger partial charge < -0.3 is 4.74 Å². The highest BCUT2D eigenvalue weighted by molar-refractivity contribution is 4.69. The molecule has 0 aliphatic carbocycles. The predicted octanol–water partition coefficient (Wildman–Crippen LogP) is 0.681. The first-order valence-corrected chi connectivity index (χ1v) is 4.24. The van der Waals surface area contributed by atoms with Gasteiger partial charge in [0, 0.05) is 6.61 Å². The molecule has 0 spiro atoms. The second kappa shape index (κ2) is 3.18. The van der Waals surface area contributed by atoms with Gasteiger partial charge in [-0.15, -0.1) is 15.0 Å². The van der Waals surface area contributed by atoms with Gasteiger partial charge in [0.05, 0.1) is 0 Å². The van der Waals surface area contributed by atoms with Gasteiger partial charge in [0.15, 0.2) is 12.1 Å². The van der Waals surface area contributed by atoms with E-state index < -0.39 is 0 Å². The Kier molecular flexibility index (Phi) is 2.03. The fraction of sp³-hybridized carbons (Fsp3) is 0.857. The SMILES string of the molecule is Cc1nnn(C2CCCCO2)n1. The van der Waals surface area contributed by atoms with Gasteiger partial charge in [0.2, 0.25) is 0 Å². The second-order valence-corrected chi connectivity index (χ2v) is 2.98. The summed E-state index contributed by atoms with van der Waals surface area (Å²) < 4.78 is 5.48. The van der Waals surface area contributed by atoms with Crippen LogP contribution in [0.2, 0.25) is 0 Å². The van der Waals surface area contributed by atoms with Gasteiger partial charge in [-0.3, -0.25) is 0 Å². The number of nitrogens with zero attached hydrogens (tertiary/aromatic N) is 4. The summed E-state index contributed by atoms with van der Waals surface area (Å²) in [7, 11) is 0. The van der Waals surface area contributed by atoms with E-state index in [1.165, 1.54) is 6.42 Å². The molecule has 1 saturated heterocycles. The number of hydrogen-bond donors (Lipinski definition) is 0. The second-order valence-electron chi connectivity index (χ2n) is 2.98. The van der Waals surface area contributed by atoms with Crippen molar-refractivity contribution in [2.45, 2.75) is 32.4 Å². The van der Waals surface area contributed by atoms with E-state index in [2.05, 4.69) is 15.4 Å². The third-order valence-corrected chi connectivity index (χ3v) is 1.94. The lowest BCUT2D eigenvalue weighted by molar-refractivity contribution is -0.0490. The molecule has 2 rings (SSSR count). The average Bonchev–Trinajstić information content (AvgIpc) is 2.54. The lowest BCUT2D eigenvalue weighted by atomic mass is 10.2. The van der Waals surface area contributed by atoms with Crippen molar-refractivity contribution >= 4 is 0 Å². The Morgan fingerprint density at radius 3 is 3.00 bits per heavy atom. The zero-order chi connectivity index (χ0) is 8.39. The van der Waals surface area contributed by atoms with Crippen molar-refractivity contribution in [2.75, 3.05) is 6.61 Å². The third kappa shape index (κ3) is 1.45. The average molecular weight is 168 g/mol. The van der Waals surface area contributed by atoms with E-state index in [-0.39, 0.29) is 6.23 Å². The van der Waals surface area contributed by atoms with Crippen molar-refractivity contribution in [1.82, 2.24) is 20.2 Å². The van der Waals surface area contributed by atoms with E-state index in [9.17, 15) is 0 Å². The minimum Gasteiger partial charge on any atom is -0.355 e. The summed E-state index contributed by atoms with van der Waals surface area (Å²) in [5.41, 5.74) is 0. The Labute approximate surface area is 70.7 Å². The smallest absolute Gasteiger partial charge is 0.171 e. The van der Waals surface area contributed by atoms with Crippen LogP contribution in [-0.2, 0) is 4.74 Å². The van der Waals surface area contributed by atoms with E-state index in [0.29, 0.717) is 5.82 Å². The number of hydrogen-bond acceptors (Lipinski definition) is 4. The topological polar surface area (TPSA) is 52.8 Å². The van der Waals surface area contributed by atoms with Gasteiger partial charge in [0.25, 0.3) is 0 Å². The Bertz CT molecular complexity index is 254. The first kappa shape index (κ1) is 7.67. The monoisotopic (exact) mass is 168 g/mol. The first-order valence-electron chi connectivity index (χ1n) is 4.24. The quantitative estimate of drug-likeness (QED) is 0.618. The van der Waals surface area contributed by atoms with Crippen LogP contribution in [0.1, 0.15) is 31.3 Å². The number of ether oxygens (including phenoxy) is 1. The molecule has 5 nitrogen and oxygen atoms in total. The zero-order valence-corrected chi connectivity index (χ0v) is 7.10. The van der Waals surface area contributed by atoms with Crippen molar-refractivity contribution in [1.29, 1.82) is 0 Å². The number of rotatable bonds is 1. The molecule has 0 saturated carbocycles. The van der Waals surface area contributed by atoms with Crippen LogP contribution >= 0.6 is 0 Å². The van der Waals surface area contributed by atoms with Crippen LogP contribution in [0, 0.1) is 6.92 Å². The Hall–Kier alpha value is -0.970. The molecular weight excluding hydrogens is 156 g/mol. The van der Waals surface area contributed by atoms with Crippen LogP contribution in [0.3, 0.4) is 0 Å². The normalized spacial score (nSPS) is 24.2. The third-order valence-electron chi connectivity index (χ3n) is 1.94. The van der Waals surface area contributed by atoms with Crippen molar-refractivity contribution < 1.29 is 4.74 Å².